The molecular weight excluding hydrogens is 340 g/mol. The SMILES string of the molecule is CCCCCCCOc1ccc(OCCBr)c2ccccc12. The first kappa shape index (κ1) is 17.1. The maximum atomic E-state index is 5.99. The summed E-state index contributed by atoms with van der Waals surface area (Å²) in [6, 6.07) is 12.3. The molecule has 2 aromatic carbocycles. The molecule has 0 fully saturated rings. The van der Waals surface area contributed by atoms with Gasteiger partial charge in [-0.2, -0.15) is 0 Å². The average molecular weight is 365 g/mol. The van der Waals surface area contributed by atoms with Gasteiger partial charge >= 0.3 is 0 Å². The van der Waals surface area contributed by atoms with Gasteiger partial charge in [0.1, 0.15) is 11.5 Å². The molecule has 0 spiro atoms. The molecule has 0 atom stereocenters. The molecule has 0 aliphatic carbocycles. The van der Waals surface area contributed by atoms with Crippen molar-refractivity contribution in [1.29, 1.82) is 0 Å². The molecule has 0 aromatic heterocycles. The Balaban J connectivity index is 2.01. The van der Waals surface area contributed by atoms with Crippen LogP contribution in [0.15, 0.2) is 36.4 Å². The lowest BCUT2D eigenvalue weighted by Gasteiger charge is -2.13. The molecule has 2 rings (SSSR count). The Bertz CT molecular complexity index is 568. The van der Waals surface area contributed by atoms with Crippen LogP contribution < -0.4 is 9.47 Å². The average Bonchev–Trinajstić information content (AvgIpc) is 2.57. The largest absolute Gasteiger partial charge is 0.493 e. The fourth-order valence-corrected chi connectivity index (χ4v) is 2.69. The lowest BCUT2D eigenvalue weighted by Crippen LogP contribution is -2.01. The van der Waals surface area contributed by atoms with Crippen LogP contribution in [0.5, 0.6) is 11.5 Å². The number of benzene rings is 2. The van der Waals surface area contributed by atoms with Crippen LogP contribution in [0.4, 0.5) is 0 Å². The Labute approximate surface area is 141 Å². The summed E-state index contributed by atoms with van der Waals surface area (Å²) >= 11 is 3.40. The Kier molecular flexibility index (Phi) is 7.58. The molecule has 0 saturated carbocycles. The maximum Gasteiger partial charge on any atom is 0.127 e. The molecule has 0 amide bonds. The number of rotatable bonds is 10. The molecule has 0 bridgehead atoms. The third kappa shape index (κ3) is 4.91. The van der Waals surface area contributed by atoms with Crippen LogP contribution in [0, 0.1) is 0 Å². The summed E-state index contributed by atoms with van der Waals surface area (Å²) in [4.78, 5) is 0. The summed E-state index contributed by atoms with van der Waals surface area (Å²) in [5.74, 6) is 1.88. The van der Waals surface area contributed by atoms with Crippen LogP contribution in [0.2, 0.25) is 0 Å². The number of ether oxygens (including phenoxy) is 2. The summed E-state index contributed by atoms with van der Waals surface area (Å²) in [6.45, 7) is 3.69. The molecule has 0 radical (unpaired) electrons. The zero-order valence-electron chi connectivity index (χ0n) is 13.3. The van der Waals surface area contributed by atoms with Gasteiger partial charge in [0.2, 0.25) is 0 Å². The standard InChI is InChI=1S/C19H25BrO2/c1-2-3-4-5-8-14-21-18-11-12-19(22-15-13-20)17-10-7-6-9-16(17)18/h6-7,9-12H,2-5,8,13-15H2,1H3. The maximum absolute atomic E-state index is 5.99. The van der Waals surface area contributed by atoms with Gasteiger partial charge in [0, 0.05) is 16.1 Å². The normalized spacial score (nSPS) is 10.8. The van der Waals surface area contributed by atoms with Crippen molar-refractivity contribution in [3.8, 4) is 11.5 Å². The highest BCUT2D eigenvalue weighted by molar-refractivity contribution is 9.09. The van der Waals surface area contributed by atoms with Crippen LogP contribution in [0.1, 0.15) is 39.0 Å². The molecule has 0 N–H and O–H groups in total. The molecular formula is C19H25BrO2. The van der Waals surface area contributed by atoms with E-state index in [1.54, 1.807) is 0 Å². The van der Waals surface area contributed by atoms with Crippen molar-refractivity contribution in [2.45, 2.75) is 39.0 Å². The van der Waals surface area contributed by atoms with Gasteiger partial charge < -0.3 is 9.47 Å². The van der Waals surface area contributed by atoms with E-state index < -0.39 is 0 Å². The molecule has 0 heterocycles. The van der Waals surface area contributed by atoms with Crippen molar-refractivity contribution >= 4 is 26.7 Å². The fraction of sp³-hybridized carbons (Fsp3) is 0.474. The van der Waals surface area contributed by atoms with E-state index in [0.29, 0.717) is 6.61 Å². The highest BCUT2D eigenvalue weighted by atomic mass is 79.9. The first-order chi connectivity index (χ1) is 10.9. The first-order valence-electron chi connectivity index (χ1n) is 8.20. The predicted octanol–water partition coefficient (Wildman–Crippen LogP) is 5.96. The van der Waals surface area contributed by atoms with Crippen LogP contribution in [0.25, 0.3) is 10.8 Å². The van der Waals surface area contributed by atoms with E-state index >= 15 is 0 Å². The van der Waals surface area contributed by atoms with Crippen LogP contribution >= 0.6 is 15.9 Å². The van der Waals surface area contributed by atoms with E-state index in [2.05, 4.69) is 35.0 Å². The molecule has 2 nitrogen and oxygen atoms in total. The van der Waals surface area contributed by atoms with Gasteiger partial charge in [0.15, 0.2) is 0 Å². The predicted molar refractivity (Wildman–Crippen MR) is 97.5 cm³/mol. The minimum atomic E-state index is 0.668. The second kappa shape index (κ2) is 9.73. The lowest BCUT2D eigenvalue weighted by molar-refractivity contribution is 0.307. The number of unbranched alkanes of at least 4 members (excludes halogenated alkanes) is 4. The summed E-state index contributed by atoms with van der Waals surface area (Å²) in [7, 11) is 0. The van der Waals surface area contributed by atoms with Crippen molar-refractivity contribution in [3.63, 3.8) is 0 Å². The Morgan fingerprint density at radius 2 is 1.36 bits per heavy atom. The zero-order valence-corrected chi connectivity index (χ0v) is 14.9. The van der Waals surface area contributed by atoms with Gasteiger partial charge in [0.05, 0.1) is 13.2 Å². The van der Waals surface area contributed by atoms with Gasteiger partial charge in [0.25, 0.3) is 0 Å². The molecule has 3 heteroatoms. The first-order valence-corrected chi connectivity index (χ1v) is 9.32. The van der Waals surface area contributed by atoms with Crippen LogP contribution in [-0.4, -0.2) is 18.5 Å². The molecule has 2 aromatic rings. The monoisotopic (exact) mass is 364 g/mol. The molecule has 0 aliphatic heterocycles. The molecule has 0 aliphatic rings. The number of halogens is 1. The third-order valence-electron chi connectivity index (χ3n) is 3.68. The number of alkyl halides is 1. The van der Waals surface area contributed by atoms with Crippen molar-refractivity contribution in [3.05, 3.63) is 36.4 Å². The molecule has 22 heavy (non-hydrogen) atoms. The van der Waals surface area contributed by atoms with Gasteiger partial charge in [-0.3, -0.25) is 0 Å². The van der Waals surface area contributed by atoms with E-state index in [1.165, 1.54) is 25.7 Å². The molecule has 0 unspecified atom stereocenters. The van der Waals surface area contributed by atoms with Gasteiger partial charge in [-0.15, -0.1) is 0 Å². The number of fused-ring (bicyclic) bond motifs is 1. The summed E-state index contributed by atoms with van der Waals surface area (Å²) in [5, 5.41) is 3.08. The second-order valence-corrected chi connectivity index (χ2v) is 6.20. The fourth-order valence-electron chi connectivity index (χ4n) is 2.53. The van der Waals surface area contributed by atoms with Crippen LogP contribution in [0.3, 0.4) is 0 Å². The number of hydrogen-bond donors (Lipinski definition) is 0. The van der Waals surface area contributed by atoms with E-state index in [0.717, 1.165) is 40.6 Å². The van der Waals surface area contributed by atoms with E-state index in [-0.39, 0.29) is 0 Å². The highest BCUT2D eigenvalue weighted by Crippen LogP contribution is 2.33. The second-order valence-electron chi connectivity index (χ2n) is 5.41. The quantitative estimate of drug-likeness (QED) is 0.382. The molecule has 0 saturated heterocycles. The van der Waals surface area contributed by atoms with Crippen molar-refractivity contribution in [1.82, 2.24) is 0 Å². The van der Waals surface area contributed by atoms with Crippen molar-refractivity contribution in [2.75, 3.05) is 18.5 Å². The van der Waals surface area contributed by atoms with E-state index in [4.69, 9.17) is 9.47 Å². The van der Waals surface area contributed by atoms with Crippen molar-refractivity contribution in [2.24, 2.45) is 0 Å². The third-order valence-corrected chi connectivity index (χ3v) is 4.01. The van der Waals surface area contributed by atoms with Crippen molar-refractivity contribution < 1.29 is 9.47 Å². The summed E-state index contributed by atoms with van der Waals surface area (Å²) < 4.78 is 11.8. The van der Waals surface area contributed by atoms with E-state index in [1.807, 2.05) is 24.3 Å². The zero-order chi connectivity index (χ0) is 15.6. The molecule has 120 valence electrons. The van der Waals surface area contributed by atoms with E-state index in [9.17, 15) is 0 Å². The minimum Gasteiger partial charge on any atom is -0.493 e. The van der Waals surface area contributed by atoms with Gasteiger partial charge in [-0.25, -0.2) is 0 Å². The summed E-state index contributed by atoms with van der Waals surface area (Å²) in [6.07, 6.45) is 6.28. The highest BCUT2D eigenvalue weighted by Gasteiger charge is 2.07. The smallest absolute Gasteiger partial charge is 0.127 e. The topological polar surface area (TPSA) is 18.5 Å². The Morgan fingerprint density at radius 1 is 0.773 bits per heavy atom. The van der Waals surface area contributed by atoms with Gasteiger partial charge in [-0.05, 0) is 18.6 Å². The Morgan fingerprint density at radius 3 is 1.95 bits per heavy atom. The summed E-state index contributed by atoms with van der Waals surface area (Å²) in [5.41, 5.74) is 0. The van der Waals surface area contributed by atoms with Crippen LogP contribution in [-0.2, 0) is 0 Å². The lowest BCUT2D eigenvalue weighted by atomic mass is 10.1. The minimum absolute atomic E-state index is 0.668. The number of hydrogen-bond acceptors (Lipinski definition) is 2. The Hall–Kier alpha value is -1.22. The van der Waals surface area contributed by atoms with Gasteiger partial charge in [-0.1, -0.05) is 72.8 Å².